The first kappa shape index (κ1) is 69.8. The maximum Gasteiger partial charge on any atom is 0.329 e. The van der Waals surface area contributed by atoms with Gasteiger partial charge in [0, 0.05) is 57.1 Å². The number of cyclic esters (lactones) is 2. The van der Waals surface area contributed by atoms with Crippen molar-refractivity contribution in [3.63, 3.8) is 0 Å². The summed E-state index contributed by atoms with van der Waals surface area (Å²) in [5, 5.41) is 8.06. The van der Waals surface area contributed by atoms with Crippen LogP contribution in [0.25, 0.3) is 0 Å². The van der Waals surface area contributed by atoms with Crippen molar-refractivity contribution in [3.8, 4) is 5.75 Å². The number of amides is 7. The summed E-state index contributed by atoms with van der Waals surface area (Å²) in [4.78, 5) is 163. The van der Waals surface area contributed by atoms with E-state index in [-0.39, 0.29) is 74.6 Å². The number of hydrogen-bond donors (Lipinski definition) is 3. The van der Waals surface area contributed by atoms with Gasteiger partial charge >= 0.3 is 11.9 Å². The second kappa shape index (κ2) is 32.0. The summed E-state index contributed by atoms with van der Waals surface area (Å²) in [6, 6.07) is -1.60. The van der Waals surface area contributed by atoms with Crippen LogP contribution < -0.4 is 20.7 Å². The predicted octanol–water partition coefficient (Wildman–Crippen LogP) is 5.32. The lowest BCUT2D eigenvalue weighted by molar-refractivity contribution is -0.162. The molecule has 3 fully saturated rings. The predicted molar refractivity (Wildman–Crippen MR) is 317 cm³/mol. The lowest BCUT2D eigenvalue weighted by Gasteiger charge is -2.37. The molecule has 83 heavy (non-hydrogen) atoms. The van der Waals surface area contributed by atoms with Gasteiger partial charge < -0.3 is 49.8 Å². The van der Waals surface area contributed by atoms with Crippen molar-refractivity contribution in [3.05, 3.63) is 29.8 Å². The Bertz CT molecular complexity index is 2480. The number of nitrogens with zero attached hydrogens (tertiary/aromatic N) is 4. The number of likely N-dealkylation sites (N-methyl/N-ethyl adjacent to an activating group) is 2. The third-order valence-electron chi connectivity index (χ3n) is 15.8. The highest BCUT2D eigenvalue weighted by Gasteiger charge is 2.46. The van der Waals surface area contributed by atoms with Crippen LogP contribution in [-0.4, -0.2) is 184 Å². The molecular formula is C60H93N7O14S2. The molecule has 0 unspecified atom stereocenters. The van der Waals surface area contributed by atoms with Gasteiger partial charge in [-0.1, -0.05) is 109 Å². The Kier molecular flexibility index (Phi) is 26.9. The van der Waals surface area contributed by atoms with Crippen molar-refractivity contribution in [1.29, 1.82) is 0 Å². The lowest BCUT2D eigenvalue weighted by atomic mass is 9.92. The van der Waals surface area contributed by atoms with Gasteiger partial charge in [-0.25, -0.2) is 4.79 Å². The molecule has 0 radical (unpaired) electrons. The first-order chi connectivity index (χ1) is 38.9. The van der Waals surface area contributed by atoms with Crippen LogP contribution in [0.5, 0.6) is 5.75 Å². The molecule has 0 spiro atoms. The molecular weight excluding hydrogens is 1110 g/mol. The summed E-state index contributed by atoms with van der Waals surface area (Å²) in [6.07, 6.45) is -1.22. The van der Waals surface area contributed by atoms with Gasteiger partial charge in [0.25, 0.3) is 5.91 Å². The van der Waals surface area contributed by atoms with Gasteiger partial charge in [-0.05, 0) is 93.7 Å². The number of likely N-dealkylation sites (tertiary alicyclic amines) is 1. The van der Waals surface area contributed by atoms with Crippen LogP contribution in [0.3, 0.4) is 0 Å². The lowest BCUT2D eigenvalue weighted by Crippen LogP contribution is -2.62. The maximum absolute atomic E-state index is 15.4. The number of esters is 2. The first-order valence-corrected chi connectivity index (χ1v) is 31.7. The van der Waals surface area contributed by atoms with E-state index in [0.29, 0.717) is 30.6 Å². The van der Waals surface area contributed by atoms with Crippen molar-refractivity contribution in [2.24, 2.45) is 29.6 Å². The highest BCUT2D eigenvalue weighted by molar-refractivity contribution is 8.77. The van der Waals surface area contributed by atoms with E-state index < -0.39 is 136 Å². The SMILES string of the molecule is CC[C@H](C)[C@@H]1NC(=O)[C@@H](NC(=O)[C@@H](CC(C)C)N(C)C(=O)[C@@H]2CCCN2C(=O)C(C)=O)[C@@H](C)OC(=O)[C@H](Cc2ccc(OC)cc2)N(C)C(=O)[C@@H]2CCCN2C(=O)[C@H](CC(C)C)NC(=O)[C@@H](C)C(=O)[C@H](C(C)C)OC(=O)C[C@@H]1SSC(C)C. The van der Waals surface area contributed by atoms with Crippen LogP contribution >= 0.6 is 21.6 Å². The normalized spacial score (nSPS) is 26.6. The number of Topliss-reactive ketones (excluding diaryl/α,β-unsaturated/α-hetero) is 2. The number of methoxy groups -OCH3 is 1. The van der Waals surface area contributed by atoms with E-state index in [9.17, 15) is 33.6 Å². The quantitative estimate of drug-likeness (QED) is 0.0727. The van der Waals surface area contributed by atoms with Crippen LogP contribution in [-0.2, 0) is 68.6 Å². The van der Waals surface area contributed by atoms with Gasteiger partial charge in [0.15, 0.2) is 11.9 Å². The maximum atomic E-state index is 15.4. The van der Waals surface area contributed by atoms with Crippen molar-refractivity contribution >= 4 is 86.4 Å². The molecule has 0 saturated carbocycles. The molecule has 0 aliphatic carbocycles. The monoisotopic (exact) mass is 1200 g/mol. The summed E-state index contributed by atoms with van der Waals surface area (Å²) in [6.45, 7) is 22.8. The topological polar surface area (TPSA) is 265 Å². The summed E-state index contributed by atoms with van der Waals surface area (Å²) in [7, 11) is 7.13. The zero-order valence-corrected chi connectivity index (χ0v) is 53.3. The zero-order valence-electron chi connectivity index (χ0n) is 51.6. The number of ether oxygens (including phenoxy) is 3. The average Bonchev–Trinajstić information content (AvgIpc) is 4.29. The Hall–Kier alpha value is -5.71. The van der Waals surface area contributed by atoms with E-state index in [1.165, 1.54) is 76.2 Å². The van der Waals surface area contributed by atoms with Gasteiger partial charge in [-0.3, -0.25) is 47.9 Å². The van der Waals surface area contributed by atoms with Gasteiger partial charge in [-0.2, -0.15) is 0 Å². The number of ketones is 2. The van der Waals surface area contributed by atoms with Gasteiger partial charge in [0.1, 0.15) is 48.1 Å². The summed E-state index contributed by atoms with van der Waals surface area (Å²) >= 11 is 0. The summed E-state index contributed by atoms with van der Waals surface area (Å²) in [5.74, 6) is -10.2. The molecule has 1 aromatic carbocycles. The first-order valence-electron chi connectivity index (χ1n) is 29.4. The molecule has 1 aromatic rings. The second-order valence-electron chi connectivity index (χ2n) is 24.0. The highest BCUT2D eigenvalue weighted by Crippen LogP contribution is 2.37. The number of fused-ring (bicyclic) bond motifs is 1. The van der Waals surface area contributed by atoms with Crippen molar-refractivity contribution < 1.29 is 67.0 Å². The molecule has 4 rings (SSSR count). The number of carbonyl (C=O) groups excluding carboxylic acids is 11. The summed E-state index contributed by atoms with van der Waals surface area (Å²) < 4.78 is 17.7. The Morgan fingerprint density at radius 3 is 2.05 bits per heavy atom. The van der Waals surface area contributed by atoms with E-state index in [0.717, 1.165) is 6.92 Å². The highest BCUT2D eigenvalue weighted by atomic mass is 33.1. The second-order valence-corrected chi connectivity index (χ2v) is 27.1. The van der Waals surface area contributed by atoms with Crippen molar-refractivity contribution in [1.82, 2.24) is 35.6 Å². The van der Waals surface area contributed by atoms with Crippen LogP contribution in [0.1, 0.15) is 147 Å². The molecule has 3 N–H and O–H groups in total. The van der Waals surface area contributed by atoms with Gasteiger partial charge in [0.05, 0.1) is 19.4 Å². The van der Waals surface area contributed by atoms with E-state index in [2.05, 4.69) is 16.0 Å². The molecule has 21 nitrogen and oxygen atoms in total. The van der Waals surface area contributed by atoms with E-state index in [1.54, 1.807) is 38.1 Å². The number of benzene rings is 1. The number of nitrogens with one attached hydrogen (secondary N) is 3. The molecule has 0 aromatic heterocycles. The molecule has 0 bridgehead atoms. The van der Waals surface area contributed by atoms with Gasteiger partial charge in [-0.15, -0.1) is 0 Å². The Balaban J connectivity index is 1.95. The van der Waals surface area contributed by atoms with Crippen LogP contribution in [0.15, 0.2) is 24.3 Å². The number of carbonyl (C=O) groups is 11. The van der Waals surface area contributed by atoms with Gasteiger partial charge in [0.2, 0.25) is 41.2 Å². The summed E-state index contributed by atoms with van der Waals surface area (Å²) in [5.41, 5.74) is 0.593. The average molecular weight is 1200 g/mol. The zero-order chi connectivity index (χ0) is 62.3. The third kappa shape index (κ3) is 18.9. The molecule has 3 aliphatic rings. The fourth-order valence-corrected chi connectivity index (χ4v) is 13.4. The number of hydrogen-bond acceptors (Lipinski definition) is 16. The van der Waals surface area contributed by atoms with E-state index in [1.807, 2.05) is 55.4 Å². The Morgan fingerprint density at radius 1 is 0.843 bits per heavy atom. The third-order valence-corrected chi connectivity index (χ3v) is 19.2. The van der Waals surface area contributed by atoms with E-state index >= 15 is 19.2 Å². The minimum atomic E-state index is -1.69. The fourth-order valence-electron chi connectivity index (χ4n) is 10.7. The minimum absolute atomic E-state index is 0.0341. The fraction of sp³-hybridized carbons (Fsp3) is 0.717. The minimum Gasteiger partial charge on any atom is -0.497 e. The van der Waals surface area contributed by atoms with E-state index in [4.69, 9.17) is 14.2 Å². The molecule has 464 valence electrons. The van der Waals surface area contributed by atoms with Crippen LogP contribution in [0.2, 0.25) is 0 Å². The Morgan fingerprint density at radius 2 is 1.48 bits per heavy atom. The van der Waals surface area contributed by atoms with Crippen LogP contribution in [0, 0.1) is 29.6 Å². The molecule has 3 aliphatic heterocycles. The van der Waals surface area contributed by atoms with Crippen molar-refractivity contribution in [2.75, 3.05) is 34.3 Å². The van der Waals surface area contributed by atoms with Crippen LogP contribution in [0.4, 0.5) is 0 Å². The smallest absolute Gasteiger partial charge is 0.329 e. The molecule has 3 heterocycles. The standard InChI is InChI=1S/C60H93N7O14S2/c1-17-36(10)49-47(83-82-35(8)9)31-48(69)81-52(34(6)7)51(70)37(11)53(71)61-42(28-32(2)3)57(75)67-27-19-21-44(67)59(77)65(15)46(30-40-22-24-41(79-16)25-23-40)60(78)80-39(13)50(55(73)62-49)63-54(72)45(29-33(4)5)64(14)58(76)43-20-18-26-66(43)56(74)38(12)68/h22-25,32-37,39,42-47,49-50,52H,17-21,26-31H2,1-16H3,(H,61,71)(H,62,73)(H,63,72)/t36-,37-,39+,42-,43-,44-,45+,46-,47-,49-,50-,52-/m0/s1. The van der Waals surface area contributed by atoms with Crippen molar-refractivity contribution in [2.45, 2.75) is 213 Å². The molecule has 7 amide bonds. The Labute approximate surface area is 499 Å². The number of rotatable bonds is 18. The molecule has 12 atom stereocenters. The largest absolute Gasteiger partial charge is 0.497 e. The molecule has 23 heteroatoms. The molecule has 3 saturated heterocycles.